The number of fused-ring (bicyclic) bond motifs is 1. The van der Waals surface area contributed by atoms with Gasteiger partial charge in [0.2, 0.25) is 0 Å². The summed E-state index contributed by atoms with van der Waals surface area (Å²) in [6.45, 7) is 2.24. The number of anilines is 1. The third kappa shape index (κ3) is 4.32. The molecular weight excluding hydrogens is 426 g/mol. The molecule has 176 valence electrons. The molecule has 2 aromatic heterocycles. The maximum atomic E-state index is 10.4. The highest BCUT2D eigenvalue weighted by atomic mass is 16.6. The molecule has 6 atom stereocenters. The maximum absolute atomic E-state index is 10.4. The van der Waals surface area contributed by atoms with Crippen molar-refractivity contribution in [1.29, 1.82) is 0 Å². The van der Waals surface area contributed by atoms with Gasteiger partial charge in [-0.25, -0.2) is 15.0 Å². The molecule has 33 heavy (non-hydrogen) atoms. The first-order valence-electron chi connectivity index (χ1n) is 11.3. The molecule has 2 unspecified atom stereocenters. The number of aryl methyl sites for hydroxylation is 1. The van der Waals surface area contributed by atoms with Crippen LogP contribution in [0.5, 0.6) is 0 Å². The van der Waals surface area contributed by atoms with Gasteiger partial charge in [0.05, 0.1) is 31.7 Å². The summed E-state index contributed by atoms with van der Waals surface area (Å²) in [5, 5.41) is 33.3. The first kappa shape index (κ1) is 22.2. The van der Waals surface area contributed by atoms with Crippen LogP contribution in [0.2, 0.25) is 0 Å². The molecule has 1 aromatic carbocycles. The second-order valence-corrected chi connectivity index (χ2v) is 8.80. The minimum atomic E-state index is -1.21. The molecule has 2 aliphatic rings. The molecule has 1 saturated carbocycles. The molecule has 1 aliphatic heterocycles. The molecule has 4 N–H and O–H groups in total. The van der Waals surface area contributed by atoms with E-state index in [-0.39, 0.29) is 12.1 Å². The van der Waals surface area contributed by atoms with Crippen LogP contribution >= 0.6 is 0 Å². The lowest BCUT2D eigenvalue weighted by Gasteiger charge is -2.22. The predicted octanol–water partition coefficient (Wildman–Crippen LogP) is 1.30. The maximum Gasteiger partial charge on any atom is 0.167 e. The predicted molar refractivity (Wildman–Crippen MR) is 119 cm³/mol. The van der Waals surface area contributed by atoms with E-state index in [1.807, 2.05) is 6.07 Å². The van der Waals surface area contributed by atoms with Crippen molar-refractivity contribution in [3.63, 3.8) is 0 Å². The average Bonchev–Trinajstić information content (AvgIpc) is 3.51. The number of rotatable bonds is 7. The van der Waals surface area contributed by atoms with E-state index in [2.05, 4.69) is 45.4 Å². The van der Waals surface area contributed by atoms with Crippen molar-refractivity contribution >= 4 is 17.0 Å². The summed E-state index contributed by atoms with van der Waals surface area (Å²) in [4.78, 5) is 13.2. The number of aliphatic hydroxyl groups is 3. The molecule has 3 heterocycles. The standard InChI is InChI=1S/C23H29N5O5/c1-13-4-2-5-14(8-13)10-32-16-7-3-6-15(16)27-21-18-22(25-11-24-21)28(12-26-18)23-20(31)19(30)17(9-29)33-23/h2,4-5,8,11-12,15-17,19-20,23,29-31H,3,6-7,9-10H2,1H3,(H,24,25,27)/t15-,16?,17-,19-,20-,23?/m1/s1. The second-order valence-electron chi connectivity index (χ2n) is 8.80. The van der Waals surface area contributed by atoms with Crippen LogP contribution in [-0.4, -0.2) is 71.9 Å². The molecule has 10 heteroatoms. The molecule has 0 amide bonds. The number of ether oxygens (including phenoxy) is 2. The van der Waals surface area contributed by atoms with Gasteiger partial charge in [0.25, 0.3) is 0 Å². The number of benzene rings is 1. The number of nitrogens with one attached hydrogen (secondary N) is 1. The lowest BCUT2D eigenvalue weighted by atomic mass is 10.1. The molecular formula is C23H29N5O5. The van der Waals surface area contributed by atoms with Crippen molar-refractivity contribution in [3.05, 3.63) is 48.0 Å². The molecule has 5 rings (SSSR count). The zero-order valence-corrected chi connectivity index (χ0v) is 18.4. The van der Waals surface area contributed by atoms with Gasteiger partial charge in [0, 0.05) is 0 Å². The topological polar surface area (TPSA) is 135 Å². The van der Waals surface area contributed by atoms with E-state index in [4.69, 9.17) is 9.47 Å². The molecule has 1 saturated heterocycles. The Morgan fingerprint density at radius 1 is 1.18 bits per heavy atom. The van der Waals surface area contributed by atoms with E-state index in [1.165, 1.54) is 18.2 Å². The third-order valence-corrected chi connectivity index (χ3v) is 6.47. The Hall–Kier alpha value is -2.63. The van der Waals surface area contributed by atoms with Crippen molar-refractivity contribution < 1.29 is 24.8 Å². The molecule has 0 spiro atoms. The molecule has 0 bridgehead atoms. The average molecular weight is 456 g/mol. The molecule has 2 fully saturated rings. The van der Waals surface area contributed by atoms with Crippen LogP contribution in [0.1, 0.15) is 36.6 Å². The Labute approximate surface area is 191 Å². The van der Waals surface area contributed by atoms with Crippen LogP contribution in [0.15, 0.2) is 36.9 Å². The number of aromatic nitrogens is 4. The number of imidazole rings is 1. The lowest BCUT2D eigenvalue weighted by Crippen LogP contribution is -2.33. The van der Waals surface area contributed by atoms with Gasteiger partial charge in [-0.1, -0.05) is 29.8 Å². The fraction of sp³-hybridized carbons (Fsp3) is 0.522. The van der Waals surface area contributed by atoms with Gasteiger partial charge in [-0.05, 0) is 31.7 Å². The van der Waals surface area contributed by atoms with Crippen LogP contribution in [0, 0.1) is 6.92 Å². The smallest absolute Gasteiger partial charge is 0.167 e. The van der Waals surface area contributed by atoms with Crippen molar-refractivity contribution in [1.82, 2.24) is 19.5 Å². The summed E-state index contributed by atoms with van der Waals surface area (Å²) in [5.41, 5.74) is 3.38. The van der Waals surface area contributed by atoms with Gasteiger partial charge in [0.1, 0.15) is 24.6 Å². The third-order valence-electron chi connectivity index (χ3n) is 6.47. The van der Waals surface area contributed by atoms with Gasteiger partial charge >= 0.3 is 0 Å². The van der Waals surface area contributed by atoms with Crippen LogP contribution in [0.4, 0.5) is 5.82 Å². The van der Waals surface area contributed by atoms with Crippen molar-refractivity contribution in [3.8, 4) is 0 Å². The molecule has 3 aromatic rings. The van der Waals surface area contributed by atoms with Crippen molar-refractivity contribution in [2.45, 2.75) is 69.5 Å². The quantitative estimate of drug-likeness (QED) is 0.416. The number of nitrogens with zero attached hydrogens (tertiary/aromatic N) is 4. The summed E-state index contributed by atoms with van der Waals surface area (Å²) in [7, 11) is 0. The summed E-state index contributed by atoms with van der Waals surface area (Å²) < 4.78 is 13.4. The highest BCUT2D eigenvalue weighted by Crippen LogP contribution is 2.33. The first-order chi connectivity index (χ1) is 16.0. The van der Waals surface area contributed by atoms with Gasteiger partial charge in [-0.2, -0.15) is 0 Å². The Bertz CT molecular complexity index is 1110. The van der Waals surface area contributed by atoms with E-state index in [0.29, 0.717) is 23.6 Å². The second kappa shape index (κ2) is 9.32. The van der Waals surface area contributed by atoms with Crippen molar-refractivity contribution in [2.24, 2.45) is 0 Å². The van der Waals surface area contributed by atoms with E-state index in [1.54, 1.807) is 4.57 Å². The Balaban J connectivity index is 1.32. The Kier molecular flexibility index (Phi) is 6.26. The van der Waals surface area contributed by atoms with Crippen molar-refractivity contribution in [2.75, 3.05) is 11.9 Å². The highest BCUT2D eigenvalue weighted by Gasteiger charge is 2.44. The van der Waals surface area contributed by atoms with E-state index in [0.717, 1.165) is 24.8 Å². The summed E-state index contributed by atoms with van der Waals surface area (Å²) in [6, 6.07) is 8.41. The highest BCUT2D eigenvalue weighted by molar-refractivity contribution is 5.82. The summed E-state index contributed by atoms with van der Waals surface area (Å²) >= 11 is 0. The normalized spacial score (nSPS) is 29.7. The van der Waals surface area contributed by atoms with E-state index in [9.17, 15) is 15.3 Å². The SMILES string of the molecule is Cc1cccc(COC2CCC[C@H]2Nc2ncnc3c2ncn3C2O[C@H](CO)[C@@H](O)[C@H]2O)c1. The van der Waals surface area contributed by atoms with Gasteiger partial charge in [0.15, 0.2) is 23.2 Å². The molecule has 0 radical (unpaired) electrons. The molecule has 10 nitrogen and oxygen atoms in total. The fourth-order valence-corrected chi connectivity index (χ4v) is 4.73. The number of hydrogen-bond acceptors (Lipinski definition) is 9. The first-order valence-corrected chi connectivity index (χ1v) is 11.3. The molecule has 1 aliphatic carbocycles. The van der Waals surface area contributed by atoms with Gasteiger partial charge < -0.3 is 30.1 Å². The zero-order valence-electron chi connectivity index (χ0n) is 18.4. The van der Waals surface area contributed by atoms with E-state index >= 15 is 0 Å². The summed E-state index contributed by atoms with van der Waals surface area (Å²) in [5.74, 6) is 0.585. The number of hydrogen-bond donors (Lipinski definition) is 4. The summed E-state index contributed by atoms with van der Waals surface area (Å²) in [6.07, 6.45) is 1.80. The van der Waals surface area contributed by atoms with Crippen LogP contribution in [-0.2, 0) is 16.1 Å². The van der Waals surface area contributed by atoms with Gasteiger partial charge in [-0.3, -0.25) is 4.57 Å². The lowest BCUT2D eigenvalue weighted by molar-refractivity contribution is -0.0511. The van der Waals surface area contributed by atoms with Gasteiger partial charge in [-0.15, -0.1) is 0 Å². The Morgan fingerprint density at radius 2 is 2.06 bits per heavy atom. The largest absolute Gasteiger partial charge is 0.394 e. The zero-order chi connectivity index (χ0) is 22.9. The van der Waals surface area contributed by atoms with E-state index < -0.39 is 31.1 Å². The van der Waals surface area contributed by atoms with Crippen LogP contribution in [0.25, 0.3) is 11.2 Å². The fourth-order valence-electron chi connectivity index (χ4n) is 4.73. The number of aliphatic hydroxyl groups excluding tert-OH is 3. The monoisotopic (exact) mass is 455 g/mol. The Morgan fingerprint density at radius 3 is 2.85 bits per heavy atom. The minimum absolute atomic E-state index is 0.0538. The minimum Gasteiger partial charge on any atom is -0.394 e. The van der Waals surface area contributed by atoms with Crippen LogP contribution in [0.3, 0.4) is 0 Å². The van der Waals surface area contributed by atoms with Crippen LogP contribution < -0.4 is 5.32 Å².